The average Bonchev–Trinajstić information content (AvgIpc) is 2.45. The summed E-state index contributed by atoms with van der Waals surface area (Å²) < 4.78 is 5.31. The second-order valence-electron chi connectivity index (χ2n) is 5.16. The first kappa shape index (κ1) is 15.9. The molecule has 1 heterocycles. The lowest BCUT2D eigenvalue weighted by Crippen LogP contribution is -2.46. The van der Waals surface area contributed by atoms with Gasteiger partial charge in [-0.05, 0) is 18.6 Å². The molecule has 1 amide bonds. The van der Waals surface area contributed by atoms with Gasteiger partial charge in [0.1, 0.15) is 0 Å². The fourth-order valence-corrected chi connectivity index (χ4v) is 2.40. The number of aryl methyl sites for hydroxylation is 1. The number of non-ortho nitro benzene ring substituents is 1. The number of hydrogen-bond donors (Lipinski definition) is 1. The van der Waals surface area contributed by atoms with Crippen LogP contribution in [0.3, 0.4) is 0 Å². The molecule has 8 nitrogen and oxygen atoms in total. The molecular weight excluding hydrogens is 292 g/mol. The predicted molar refractivity (Wildman–Crippen MR) is 75.7 cm³/mol. The van der Waals surface area contributed by atoms with Gasteiger partial charge < -0.3 is 14.7 Å². The third-order valence-electron chi connectivity index (χ3n) is 3.35. The molecular formula is C14H16N2O6. The maximum atomic E-state index is 12.5. The minimum absolute atomic E-state index is 0.140. The van der Waals surface area contributed by atoms with Crippen molar-refractivity contribution in [2.75, 3.05) is 19.7 Å². The summed E-state index contributed by atoms with van der Waals surface area (Å²) in [5.41, 5.74) is 0.703. The third-order valence-corrected chi connectivity index (χ3v) is 3.35. The molecule has 0 saturated carbocycles. The van der Waals surface area contributed by atoms with Gasteiger partial charge in [0, 0.05) is 30.8 Å². The van der Waals surface area contributed by atoms with Gasteiger partial charge in [0.05, 0.1) is 24.1 Å². The van der Waals surface area contributed by atoms with E-state index in [1.807, 2.05) is 0 Å². The Morgan fingerprint density at radius 2 is 2.18 bits per heavy atom. The number of morpholine rings is 1. The molecule has 1 aromatic rings. The molecule has 1 saturated heterocycles. The third kappa shape index (κ3) is 3.79. The Kier molecular flexibility index (Phi) is 4.71. The van der Waals surface area contributed by atoms with E-state index in [0.717, 1.165) is 0 Å². The summed E-state index contributed by atoms with van der Waals surface area (Å²) in [6.45, 7) is 2.41. The second-order valence-corrected chi connectivity index (χ2v) is 5.16. The van der Waals surface area contributed by atoms with Gasteiger partial charge in [-0.25, -0.2) is 0 Å². The summed E-state index contributed by atoms with van der Waals surface area (Å²) in [5.74, 6) is -1.35. The number of carbonyl (C=O) groups excluding carboxylic acids is 1. The Balaban J connectivity index is 2.17. The molecule has 0 radical (unpaired) electrons. The van der Waals surface area contributed by atoms with Gasteiger partial charge in [-0.1, -0.05) is 0 Å². The number of ether oxygens (including phenoxy) is 1. The zero-order chi connectivity index (χ0) is 16.3. The Bertz CT molecular complexity index is 615. The minimum atomic E-state index is -0.995. The SMILES string of the molecule is Cc1cc(C(=O)N2CCOC(CC(=O)O)C2)cc([N+](=O)[O-])c1. The fraction of sp³-hybridized carbons (Fsp3) is 0.429. The number of carboxylic acids is 1. The first-order valence-corrected chi connectivity index (χ1v) is 6.75. The highest BCUT2D eigenvalue weighted by Gasteiger charge is 2.27. The number of nitrogens with zero attached hydrogens (tertiary/aromatic N) is 2. The van der Waals surface area contributed by atoms with Gasteiger partial charge in [-0.3, -0.25) is 19.7 Å². The van der Waals surface area contributed by atoms with Gasteiger partial charge in [-0.15, -0.1) is 0 Å². The molecule has 22 heavy (non-hydrogen) atoms. The van der Waals surface area contributed by atoms with Crippen LogP contribution >= 0.6 is 0 Å². The van der Waals surface area contributed by atoms with Gasteiger partial charge in [0.15, 0.2) is 0 Å². The molecule has 1 N–H and O–H groups in total. The molecule has 0 aromatic heterocycles. The molecule has 1 fully saturated rings. The minimum Gasteiger partial charge on any atom is -0.481 e. The zero-order valence-corrected chi connectivity index (χ0v) is 12.0. The quantitative estimate of drug-likeness (QED) is 0.661. The van der Waals surface area contributed by atoms with Crippen molar-refractivity contribution in [3.8, 4) is 0 Å². The van der Waals surface area contributed by atoms with Crippen LogP contribution in [0.1, 0.15) is 22.3 Å². The van der Waals surface area contributed by atoms with E-state index in [0.29, 0.717) is 12.1 Å². The standard InChI is InChI=1S/C14H16N2O6/c1-9-4-10(6-11(5-9)16(20)21)14(19)15-2-3-22-12(8-15)7-13(17)18/h4-6,12H,2-3,7-8H2,1H3,(H,17,18). The highest BCUT2D eigenvalue weighted by Crippen LogP contribution is 2.19. The van der Waals surface area contributed by atoms with Crippen LogP contribution in [0.5, 0.6) is 0 Å². The van der Waals surface area contributed by atoms with Crippen molar-refractivity contribution in [1.29, 1.82) is 0 Å². The van der Waals surface area contributed by atoms with Crippen LogP contribution in [0.2, 0.25) is 0 Å². The maximum Gasteiger partial charge on any atom is 0.306 e. The Morgan fingerprint density at radius 3 is 2.82 bits per heavy atom. The van der Waals surface area contributed by atoms with E-state index in [9.17, 15) is 19.7 Å². The van der Waals surface area contributed by atoms with Gasteiger partial charge in [0.25, 0.3) is 11.6 Å². The van der Waals surface area contributed by atoms with Crippen molar-refractivity contribution in [3.05, 3.63) is 39.4 Å². The van der Waals surface area contributed by atoms with Crippen molar-refractivity contribution >= 4 is 17.6 Å². The molecule has 1 atom stereocenters. The van der Waals surface area contributed by atoms with Crippen molar-refractivity contribution in [2.24, 2.45) is 0 Å². The lowest BCUT2D eigenvalue weighted by molar-refractivity contribution is -0.384. The van der Waals surface area contributed by atoms with E-state index in [1.165, 1.54) is 17.0 Å². The van der Waals surface area contributed by atoms with Crippen LogP contribution in [0.25, 0.3) is 0 Å². The van der Waals surface area contributed by atoms with Crippen LogP contribution in [0.4, 0.5) is 5.69 Å². The number of carboxylic acid groups (broad SMARTS) is 1. The van der Waals surface area contributed by atoms with Crippen LogP contribution in [0, 0.1) is 17.0 Å². The number of benzene rings is 1. The van der Waals surface area contributed by atoms with Gasteiger partial charge >= 0.3 is 5.97 Å². The van der Waals surface area contributed by atoms with Crippen molar-refractivity contribution in [3.63, 3.8) is 0 Å². The van der Waals surface area contributed by atoms with E-state index < -0.39 is 17.0 Å². The van der Waals surface area contributed by atoms with Gasteiger partial charge in [0.2, 0.25) is 0 Å². The molecule has 8 heteroatoms. The summed E-state index contributed by atoms with van der Waals surface area (Å²) in [6, 6.07) is 4.21. The second kappa shape index (κ2) is 6.52. The van der Waals surface area contributed by atoms with Crippen molar-refractivity contribution in [1.82, 2.24) is 4.90 Å². The molecule has 1 aliphatic heterocycles. The van der Waals surface area contributed by atoms with Gasteiger partial charge in [-0.2, -0.15) is 0 Å². The number of rotatable bonds is 4. The number of nitro groups is 1. The topological polar surface area (TPSA) is 110 Å². The average molecular weight is 308 g/mol. The normalized spacial score (nSPS) is 18.0. The summed E-state index contributed by atoms with van der Waals surface area (Å²) >= 11 is 0. The van der Waals surface area contributed by atoms with E-state index >= 15 is 0 Å². The molecule has 1 aliphatic rings. The largest absolute Gasteiger partial charge is 0.481 e. The number of nitro benzene ring substituents is 1. The Morgan fingerprint density at radius 1 is 1.45 bits per heavy atom. The fourth-order valence-electron chi connectivity index (χ4n) is 2.40. The molecule has 1 unspecified atom stereocenters. The predicted octanol–water partition coefficient (Wildman–Crippen LogP) is 1.22. The maximum absolute atomic E-state index is 12.5. The molecule has 1 aromatic carbocycles. The molecule has 0 aliphatic carbocycles. The Hall–Kier alpha value is -2.48. The zero-order valence-electron chi connectivity index (χ0n) is 12.0. The first-order chi connectivity index (χ1) is 10.4. The summed E-state index contributed by atoms with van der Waals surface area (Å²) in [4.78, 5) is 35.0. The highest BCUT2D eigenvalue weighted by atomic mass is 16.6. The number of aliphatic carboxylic acids is 1. The van der Waals surface area contributed by atoms with E-state index in [1.54, 1.807) is 13.0 Å². The molecule has 0 spiro atoms. The monoisotopic (exact) mass is 308 g/mol. The van der Waals surface area contributed by atoms with E-state index in [4.69, 9.17) is 9.84 Å². The van der Waals surface area contributed by atoms with Crippen LogP contribution < -0.4 is 0 Å². The number of amides is 1. The molecule has 2 rings (SSSR count). The van der Waals surface area contributed by atoms with Crippen molar-refractivity contribution in [2.45, 2.75) is 19.4 Å². The Labute approximate surface area is 126 Å². The van der Waals surface area contributed by atoms with Crippen LogP contribution in [0.15, 0.2) is 18.2 Å². The summed E-state index contributed by atoms with van der Waals surface area (Å²) in [5, 5.41) is 19.7. The van der Waals surface area contributed by atoms with Crippen LogP contribution in [-0.2, 0) is 9.53 Å². The van der Waals surface area contributed by atoms with E-state index in [-0.39, 0.29) is 36.7 Å². The summed E-state index contributed by atoms with van der Waals surface area (Å²) in [6.07, 6.45) is -0.743. The number of carbonyl (C=O) groups is 2. The smallest absolute Gasteiger partial charge is 0.306 e. The van der Waals surface area contributed by atoms with Crippen molar-refractivity contribution < 1.29 is 24.4 Å². The van der Waals surface area contributed by atoms with Crippen LogP contribution in [-0.4, -0.2) is 52.6 Å². The number of hydrogen-bond acceptors (Lipinski definition) is 5. The molecule has 118 valence electrons. The highest BCUT2D eigenvalue weighted by molar-refractivity contribution is 5.95. The summed E-state index contributed by atoms with van der Waals surface area (Å²) in [7, 11) is 0. The molecule has 0 bridgehead atoms. The lowest BCUT2D eigenvalue weighted by Gasteiger charge is -2.32. The van der Waals surface area contributed by atoms with E-state index in [2.05, 4.69) is 0 Å². The first-order valence-electron chi connectivity index (χ1n) is 6.75. The lowest BCUT2D eigenvalue weighted by atomic mass is 10.1.